The molecule has 3 nitrogen and oxygen atoms in total. The third-order valence-electron chi connectivity index (χ3n) is 5.01. The van der Waals surface area contributed by atoms with E-state index in [4.69, 9.17) is 0 Å². The van der Waals surface area contributed by atoms with Crippen LogP contribution in [0.15, 0.2) is 24.3 Å². The highest BCUT2D eigenvalue weighted by Gasteiger charge is 2.25. The van der Waals surface area contributed by atoms with Gasteiger partial charge in [0.05, 0.1) is 0 Å². The first kappa shape index (κ1) is 15.0. The molecule has 2 aliphatic heterocycles. The Labute approximate surface area is 129 Å². The van der Waals surface area contributed by atoms with Gasteiger partial charge in [0.1, 0.15) is 0 Å². The number of hydrogen-bond donors (Lipinski definition) is 1. The van der Waals surface area contributed by atoms with Gasteiger partial charge in [-0.2, -0.15) is 0 Å². The predicted octanol–water partition coefficient (Wildman–Crippen LogP) is 2.29. The van der Waals surface area contributed by atoms with Crippen molar-refractivity contribution in [1.82, 2.24) is 15.1 Å². The van der Waals surface area contributed by atoms with E-state index in [0.29, 0.717) is 5.92 Å². The van der Waals surface area contributed by atoms with Crippen molar-refractivity contribution in [3.05, 3.63) is 35.4 Å². The minimum absolute atomic E-state index is 0.627. The smallest absolute Gasteiger partial charge is 0.0234 e. The minimum Gasteiger partial charge on any atom is -0.315 e. The normalized spacial score (nSPS) is 24.8. The molecule has 0 spiro atoms. The van der Waals surface area contributed by atoms with Gasteiger partial charge in [0, 0.05) is 45.3 Å². The van der Waals surface area contributed by atoms with Crippen molar-refractivity contribution in [2.75, 3.05) is 39.3 Å². The van der Waals surface area contributed by atoms with Crippen LogP contribution in [-0.4, -0.2) is 55.1 Å². The summed E-state index contributed by atoms with van der Waals surface area (Å²) in [7, 11) is 0. The Kier molecular flexibility index (Phi) is 4.94. The molecule has 0 aliphatic carbocycles. The summed E-state index contributed by atoms with van der Waals surface area (Å²) in [5.74, 6) is 0.627. The first-order chi connectivity index (χ1) is 10.2. The zero-order valence-corrected chi connectivity index (χ0v) is 13.5. The predicted molar refractivity (Wildman–Crippen MR) is 88.7 cm³/mol. The Morgan fingerprint density at radius 3 is 2.38 bits per heavy atom. The van der Waals surface area contributed by atoms with Gasteiger partial charge in [-0.3, -0.25) is 9.80 Å². The van der Waals surface area contributed by atoms with Crippen LogP contribution >= 0.6 is 0 Å². The van der Waals surface area contributed by atoms with Crippen LogP contribution in [-0.2, 0) is 6.54 Å². The second kappa shape index (κ2) is 6.91. The van der Waals surface area contributed by atoms with E-state index in [1.807, 2.05) is 0 Å². The summed E-state index contributed by atoms with van der Waals surface area (Å²) in [5.41, 5.74) is 2.90. The maximum absolute atomic E-state index is 3.48. The van der Waals surface area contributed by atoms with Crippen LogP contribution in [0.4, 0.5) is 0 Å². The van der Waals surface area contributed by atoms with Gasteiger partial charge in [0.2, 0.25) is 0 Å². The Bertz CT molecular complexity index is 426. The lowest BCUT2D eigenvalue weighted by atomic mass is 10.0. The number of hydrogen-bond acceptors (Lipinski definition) is 3. The van der Waals surface area contributed by atoms with E-state index in [1.165, 1.54) is 56.8 Å². The van der Waals surface area contributed by atoms with Gasteiger partial charge >= 0.3 is 0 Å². The van der Waals surface area contributed by atoms with Crippen molar-refractivity contribution in [1.29, 1.82) is 0 Å². The van der Waals surface area contributed by atoms with Crippen molar-refractivity contribution >= 4 is 0 Å². The fraction of sp³-hybridized carbons (Fsp3) is 0.667. The van der Waals surface area contributed by atoms with Gasteiger partial charge in [0.25, 0.3) is 0 Å². The van der Waals surface area contributed by atoms with Crippen molar-refractivity contribution in [3.63, 3.8) is 0 Å². The van der Waals surface area contributed by atoms with E-state index in [1.54, 1.807) is 0 Å². The van der Waals surface area contributed by atoms with E-state index in [0.717, 1.165) is 12.6 Å². The number of nitrogens with one attached hydrogen (secondary N) is 1. The molecule has 0 amide bonds. The maximum Gasteiger partial charge on any atom is 0.0234 e. The molecule has 0 saturated carbocycles. The Hall–Kier alpha value is -0.900. The third kappa shape index (κ3) is 3.85. The molecule has 0 aromatic heterocycles. The summed E-state index contributed by atoms with van der Waals surface area (Å²) in [6.45, 7) is 12.9. The van der Waals surface area contributed by atoms with Gasteiger partial charge in [-0.05, 0) is 30.0 Å². The van der Waals surface area contributed by atoms with Crippen LogP contribution in [0.5, 0.6) is 0 Å². The molecule has 2 aliphatic rings. The maximum atomic E-state index is 3.48. The van der Waals surface area contributed by atoms with E-state index in [2.05, 4.69) is 53.2 Å². The number of piperazine rings is 1. The summed E-state index contributed by atoms with van der Waals surface area (Å²) in [6, 6.07) is 9.99. The van der Waals surface area contributed by atoms with Crippen LogP contribution in [0.3, 0.4) is 0 Å². The fourth-order valence-electron chi connectivity index (χ4n) is 3.50. The van der Waals surface area contributed by atoms with Crippen molar-refractivity contribution in [2.24, 2.45) is 0 Å². The molecule has 1 atom stereocenters. The quantitative estimate of drug-likeness (QED) is 0.916. The molecule has 116 valence electrons. The first-order valence-electron chi connectivity index (χ1n) is 8.48. The molecule has 1 N–H and O–H groups in total. The molecule has 2 heterocycles. The molecule has 3 rings (SSSR count). The highest BCUT2D eigenvalue weighted by molar-refractivity contribution is 5.24. The standard InChI is InChI=1S/C18H29N3/c1-15(2)17-5-3-16(4-6-17)14-20-9-11-21(12-10-20)18-7-8-19-13-18/h3-6,15,18-19H,7-14H2,1-2H3. The van der Waals surface area contributed by atoms with E-state index in [-0.39, 0.29) is 0 Å². The van der Waals surface area contributed by atoms with Gasteiger partial charge in [-0.25, -0.2) is 0 Å². The SMILES string of the molecule is CC(C)c1ccc(CN2CCN(C3CCNC3)CC2)cc1. The molecule has 21 heavy (non-hydrogen) atoms. The lowest BCUT2D eigenvalue weighted by molar-refractivity contribution is 0.0981. The second-order valence-electron chi connectivity index (χ2n) is 6.86. The molecular formula is C18H29N3. The molecule has 3 heteroatoms. The van der Waals surface area contributed by atoms with Crippen LogP contribution in [0.1, 0.15) is 37.3 Å². The monoisotopic (exact) mass is 287 g/mol. The second-order valence-corrected chi connectivity index (χ2v) is 6.86. The average Bonchev–Trinajstić information content (AvgIpc) is 3.03. The van der Waals surface area contributed by atoms with E-state index in [9.17, 15) is 0 Å². The Balaban J connectivity index is 1.48. The molecule has 0 radical (unpaired) electrons. The van der Waals surface area contributed by atoms with Gasteiger partial charge in [-0.15, -0.1) is 0 Å². The minimum atomic E-state index is 0.627. The highest BCUT2D eigenvalue weighted by Crippen LogP contribution is 2.17. The summed E-state index contributed by atoms with van der Waals surface area (Å²) < 4.78 is 0. The van der Waals surface area contributed by atoms with Crippen molar-refractivity contribution in [3.8, 4) is 0 Å². The summed E-state index contributed by atoms with van der Waals surface area (Å²) in [6.07, 6.45) is 1.33. The third-order valence-corrected chi connectivity index (χ3v) is 5.01. The largest absolute Gasteiger partial charge is 0.315 e. The topological polar surface area (TPSA) is 18.5 Å². The van der Waals surface area contributed by atoms with Gasteiger partial charge in [-0.1, -0.05) is 38.1 Å². The molecule has 1 unspecified atom stereocenters. The lowest BCUT2D eigenvalue weighted by Crippen LogP contribution is -2.50. The van der Waals surface area contributed by atoms with Crippen LogP contribution in [0.2, 0.25) is 0 Å². The number of rotatable bonds is 4. The Morgan fingerprint density at radius 1 is 1.10 bits per heavy atom. The van der Waals surface area contributed by atoms with E-state index >= 15 is 0 Å². The Morgan fingerprint density at radius 2 is 1.81 bits per heavy atom. The summed E-state index contributed by atoms with van der Waals surface area (Å²) in [5, 5.41) is 3.48. The molecule has 1 aromatic rings. The van der Waals surface area contributed by atoms with Crippen LogP contribution in [0.25, 0.3) is 0 Å². The van der Waals surface area contributed by atoms with E-state index < -0.39 is 0 Å². The molecule has 1 aromatic carbocycles. The average molecular weight is 287 g/mol. The fourth-order valence-corrected chi connectivity index (χ4v) is 3.50. The summed E-state index contributed by atoms with van der Waals surface area (Å²) >= 11 is 0. The van der Waals surface area contributed by atoms with Crippen molar-refractivity contribution < 1.29 is 0 Å². The number of benzene rings is 1. The highest BCUT2D eigenvalue weighted by atomic mass is 15.3. The molecule has 2 saturated heterocycles. The molecular weight excluding hydrogens is 258 g/mol. The first-order valence-corrected chi connectivity index (χ1v) is 8.48. The lowest BCUT2D eigenvalue weighted by Gasteiger charge is -2.37. The van der Waals surface area contributed by atoms with Crippen molar-refractivity contribution in [2.45, 2.75) is 38.8 Å². The molecule has 2 fully saturated rings. The molecule has 0 bridgehead atoms. The van der Waals surface area contributed by atoms with Crippen LogP contribution < -0.4 is 5.32 Å². The zero-order chi connectivity index (χ0) is 14.7. The van der Waals surface area contributed by atoms with Gasteiger partial charge < -0.3 is 5.32 Å². The van der Waals surface area contributed by atoms with Gasteiger partial charge in [0.15, 0.2) is 0 Å². The zero-order valence-electron chi connectivity index (χ0n) is 13.5. The van der Waals surface area contributed by atoms with Crippen LogP contribution in [0, 0.1) is 0 Å². The summed E-state index contributed by atoms with van der Waals surface area (Å²) in [4.78, 5) is 5.28. The number of nitrogens with zero attached hydrogens (tertiary/aromatic N) is 2.